The number of anilines is 1. The molecule has 2 aromatic carbocycles. The zero-order chi connectivity index (χ0) is 22.8. The van der Waals surface area contributed by atoms with E-state index in [-0.39, 0.29) is 23.5 Å². The van der Waals surface area contributed by atoms with E-state index in [0.717, 1.165) is 11.0 Å². The Labute approximate surface area is 189 Å². The van der Waals surface area contributed by atoms with Gasteiger partial charge in [0, 0.05) is 31.0 Å². The normalized spacial score (nSPS) is 15.5. The number of esters is 1. The Morgan fingerprint density at radius 2 is 1.85 bits per heavy atom. The van der Waals surface area contributed by atoms with Crippen LogP contribution < -0.4 is 9.64 Å². The number of fused-ring (bicyclic) bond motifs is 1. The first kappa shape index (κ1) is 20.6. The average molecular weight is 443 g/mol. The zero-order valence-corrected chi connectivity index (χ0v) is 17.9. The number of imidazole rings is 1. The standard InChI is InChI=1S/C24H21N5O4/c1-32-24(31)16-10-13-29(14-16)22-23(26-12-11-25-22)33-17-8-6-15(7-9-17)20(30)21-27-18-4-2-3-5-19(18)28-21/h2-9,11-12,16H,10,13-14H2,1H3,(H,27,28)/t16-/m1/s1. The van der Waals surface area contributed by atoms with Crippen LogP contribution in [0.5, 0.6) is 11.6 Å². The molecule has 0 unspecified atom stereocenters. The summed E-state index contributed by atoms with van der Waals surface area (Å²) in [6.45, 7) is 1.15. The summed E-state index contributed by atoms with van der Waals surface area (Å²) in [7, 11) is 1.39. The van der Waals surface area contributed by atoms with Crippen molar-refractivity contribution in [2.24, 2.45) is 5.92 Å². The summed E-state index contributed by atoms with van der Waals surface area (Å²) < 4.78 is 10.8. The SMILES string of the molecule is COC(=O)[C@@H]1CCN(c2nccnc2Oc2ccc(C(=O)c3nc4ccccc4[nH]3)cc2)C1. The number of nitrogens with zero attached hydrogens (tertiary/aromatic N) is 4. The summed E-state index contributed by atoms with van der Waals surface area (Å²) in [6, 6.07) is 14.3. The van der Waals surface area contributed by atoms with E-state index in [1.807, 2.05) is 29.2 Å². The van der Waals surface area contributed by atoms with Crippen LogP contribution in [-0.4, -0.2) is 51.9 Å². The number of methoxy groups -OCH3 is 1. The molecule has 0 saturated carbocycles. The lowest BCUT2D eigenvalue weighted by Gasteiger charge is -2.19. The smallest absolute Gasteiger partial charge is 0.310 e. The van der Waals surface area contributed by atoms with Gasteiger partial charge in [-0.3, -0.25) is 9.59 Å². The highest BCUT2D eigenvalue weighted by Gasteiger charge is 2.31. The Morgan fingerprint density at radius 1 is 1.06 bits per heavy atom. The van der Waals surface area contributed by atoms with Crippen molar-refractivity contribution in [1.82, 2.24) is 19.9 Å². The van der Waals surface area contributed by atoms with Gasteiger partial charge in [0.25, 0.3) is 5.88 Å². The number of nitrogens with one attached hydrogen (secondary N) is 1. The summed E-state index contributed by atoms with van der Waals surface area (Å²) in [6.07, 6.45) is 3.82. The van der Waals surface area contributed by atoms with Crippen molar-refractivity contribution in [3.8, 4) is 11.6 Å². The van der Waals surface area contributed by atoms with Gasteiger partial charge in [0.1, 0.15) is 5.75 Å². The molecule has 1 N–H and O–H groups in total. The van der Waals surface area contributed by atoms with E-state index in [2.05, 4.69) is 19.9 Å². The number of rotatable bonds is 6. The van der Waals surface area contributed by atoms with Gasteiger partial charge in [-0.25, -0.2) is 15.0 Å². The Balaban J connectivity index is 1.32. The van der Waals surface area contributed by atoms with Crippen LogP contribution in [0.4, 0.5) is 5.82 Å². The number of para-hydroxylation sites is 2. The van der Waals surface area contributed by atoms with Crippen LogP contribution in [0.2, 0.25) is 0 Å². The molecule has 166 valence electrons. The van der Waals surface area contributed by atoms with E-state index in [1.165, 1.54) is 7.11 Å². The first-order valence-corrected chi connectivity index (χ1v) is 10.5. The molecule has 9 nitrogen and oxygen atoms in total. The maximum atomic E-state index is 12.8. The number of aromatic nitrogens is 4. The minimum absolute atomic E-state index is 0.201. The molecule has 1 atom stereocenters. The molecule has 4 aromatic rings. The molecule has 3 heterocycles. The molecule has 0 aliphatic carbocycles. The summed E-state index contributed by atoms with van der Waals surface area (Å²) in [5.74, 6) is 1.06. The predicted octanol–water partition coefficient (Wildman–Crippen LogP) is 3.38. The Morgan fingerprint density at radius 3 is 2.64 bits per heavy atom. The minimum atomic E-state index is -0.228. The highest BCUT2D eigenvalue weighted by atomic mass is 16.5. The second kappa shape index (κ2) is 8.70. The Bertz CT molecular complexity index is 1280. The van der Waals surface area contributed by atoms with E-state index in [1.54, 1.807) is 36.7 Å². The maximum absolute atomic E-state index is 12.8. The lowest BCUT2D eigenvalue weighted by molar-refractivity contribution is -0.144. The van der Waals surface area contributed by atoms with E-state index < -0.39 is 0 Å². The van der Waals surface area contributed by atoms with Crippen LogP contribution in [0.1, 0.15) is 22.6 Å². The van der Waals surface area contributed by atoms with Crippen LogP contribution in [-0.2, 0) is 9.53 Å². The fourth-order valence-corrected chi connectivity index (χ4v) is 3.90. The minimum Gasteiger partial charge on any atom is -0.469 e. The van der Waals surface area contributed by atoms with Gasteiger partial charge in [-0.2, -0.15) is 0 Å². The van der Waals surface area contributed by atoms with Crippen LogP contribution in [0, 0.1) is 5.92 Å². The molecule has 5 rings (SSSR count). The molecular formula is C24H21N5O4. The largest absolute Gasteiger partial charge is 0.469 e. The topological polar surface area (TPSA) is 110 Å². The van der Waals surface area contributed by atoms with Crippen molar-refractivity contribution < 1.29 is 19.1 Å². The van der Waals surface area contributed by atoms with Gasteiger partial charge in [0.15, 0.2) is 11.6 Å². The molecule has 1 aliphatic rings. The fourth-order valence-electron chi connectivity index (χ4n) is 3.90. The predicted molar refractivity (Wildman–Crippen MR) is 120 cm³/mol. The molecule has 9 heteroatoms. The van der Waals surface area contributed by atoms with Gasteiger partial charge in [-0.15, -0.1) is 0 Å². The van der Waals surface area contributed by atoms with E-state index in [4.69, 9.17) is 9.47 Å². The molecule has 0 bridgehead atoms. The van der Waals surface area contributed by atoms with Crippen LogP contribution >= 0.6 is 0 Å². The molecule has 0 radical (unpaired) electrons. The number of ether oxygens (including phenoxy) is 2. The quantitative estimate of drug-likeness (QED) is 0.357. The van der Waals surface area contributed by atoms with E-state index >= 15 is 0 Å². The summed E-state index contributed by atoms with van der Waals surface area (Å²) in [5.41, 5.74) is 2.04. The maximum Gasteiger partial charge on any atom is 0.310 e. The van der Waals surface area contributed by atoms with Crippen LogP contribution in [0.3, 0.4) is 0 Å². The Hall–Kier alpha value is -4.27. The molecule has 2 aromatic heterocycles. The zero-order valence-electron chi connectivity index (χ0n) is 17.9. The third-order valence-corrected chi connectivity index (χ3v) is 5.60. The molecule has 1 aliphatic heterocycles. The van der Waals surface area contributed by atoms with Gasteiger partial charge in [-0.05, 0) is 42.8 Å². The number of ketones is 1. The van der Waals surface area contributed by atoms with Gasteiger partial charge in [0.05, 0.1) is 24.1 Å². The summed E-state index contributed by atoms with van der Waals surface area (Å²) >= 11 is 0. The molecule has 1 saturated heterocycles. The average Bonchev–Trinajstić information content (AvgIpc) is 3.52. The van der Waals surface area contributed by atoms with Crippen molar-refractivity contribution in [3.05, 3.63) is 72.3 Å². The van der Waals surface area contributed by atoms with Crippen molar-refractivity contribution in [1.29, 1.82) is 0 Å². The van der Waals surface area contributed by atoms with Gasteiger partial charge >= 0.3 is 5.97 Å². The first-order valence-electron chi connectivity index (χ1n) is 10.5. The monoisotopic (exact) mass is 443 g/mol. The number of hydrogen-bond donors (Lipinski definition) is 1. The van der Waals surface area contributed by atoms with Gasteiger partial charge in [-0.1, -0.05) is 12.1 Å². The third kappa shape index (κ3) is 4.12. The number of carbonyl (C=O) groups is 2. The van der Waals surface area contributed by atoms with Crippen molar-refractivity contribution in [2.75, 3.05) is 25.1 Å². The second-order valence-corrected chi connectivity index (χ2v) is 7.70. The van der Waals surface area contributed by atoms with Crippen molar-refractivity contribution in [2.45, 2.75) is 6.42 Å². The summed E-state index contributed by atoms with van der Waals surface area (Å²) in [4.78, 5) is 42.8. The third-order valence-electron chi connectivity index (χ3n) is 5.60. The number of benzene rings is 2. The lowest BCUT2D eigenvalue weighted by atomic mass is 10.1. The number of aromatic amines is 1. The highest BCUT2D eigenvalue weighted by Crippen LogP contribution is 2.32. The number of carbonyl (C=O) groups excluding carboxylic acids is 2. The molecule has 1 fully saturated rings. The van der Waals surface area contributed by atoms with Gasteiger partial charge in [0.2, 0.25) is 5.78 Å². The van der Waals surface area contributed by atoms with E-state index in [9.17, 15) is 9.59 Å². The fraction of sp³-hybridized carbons (Fsp3) is 0.208. The molecule has 0 amide bonds. The molecule has 0 spiro atoms. The van der Waals surface area contributed by atoms with E-state index in [0.29, 0.717) is 42.5 Å². The Kier molecular flexibility index (Phi) is 5.43. The highest BCUT2D eigenvalue weighted by molar-refractivity contribution is 6.08. The molecular weight excluding hydrogens is 422 g/mol. The van der Waals surface area contributed by atoms with Crippen LogP contribution in [0.15, 0.2) is 60.9 Å². The van der Waals surface area contributed by atoms with Gasteiger partial charge < -0.3 is 19.4 Å². The second-order valence-electron chi connectivity index (χ2n) is 7.70. The summed E-state index contributed by atoms with van der Waals surface area (Å²) in [5, 5.41) is 0. The molecule has 33 heavy (non-hydrogen) atoms. The lowest BCUT2D eigenvalue weighted by Crippen LogP contribution is -2.24. The van der Waals surface area contributed by atoms with Crippen molar-refractivity contribution >= 4 is 28.6 Å². The first-order chi connectivity index (χ1) is 16.1. The van der Waals surface area contributed by atoms with Crippen LogP contribution in [0.25, 0.3) is 11.0 Å². The number of H-pyrrole nitrogens is 1. The van der Waals surface area contributed by atoms with Crippen molar-refractivity contribution in [3.63, 3.8) is 0 Å². The number of hydrogen-bond acceptors (Lipinski definition) is 8.